The van der Waals surface area contributed by atoms with Crippen molar-refractivity contribution >= 4 is 5.91 Å². The zero-order chi connectivity index (χ0) is 17.1. The number of ether oxygens (including phenoxy) is 1. The minimum Gasteiger partial charge on any atom is -0.369 e. The van der Waals surface area contributed by atoms with Crippen molar-refractivity contribution in [3.63, 3.8) is 0 Å². The number of rotatable bonds is 4. The van der Waals surface area contributed by atoms with Crippen molar-refractivity contribution in [2.45, 2.75) is 69.4 Å². The molecule has 140 valence electrons. The molecule has 1 aliphatic heterocycles. The lowest BCUT2D eigenvalue weighted by Crippen LogP contribution is -2.59. The fourth-order valence-electron chi connectivity index (χ4n) is 6.52. The van der Waals surface area contributed by atoms with Crippen molar-refractivity contribution in [2.24, 2.45) is 35.3 Å². The summed E-state index contributed by atoms with van der Waals surface area (Å²) in [6, 6.07) is 0. The Labute approximate surface area is 149 Å². The molecule has 6 nitrogen and oxygen atoms in total. The summed E-state index contributed by atoms with van der Waals surface area (Å²) in [7, 11) is 0. The van der Waals surface area contributed by atoms with E-state index in [-0.39, 0.29) is 12.5 Å². The Morgan fingerprint density at radius 3 is 2.24 bits per heavy atom. The molecule has 0 unspecified atom stereocenters. The van der Waals surface area contributed by atoms with Gasteiger partial charge >= 0.3 is 0 Å². The van der Waals surface area contributed by atoms with Gasteiger partial charge in [0.2, 0.25) is 17.5 Å². The first-order valence-corrected chi connectivity index (χ1v) is 10.1. The first-order chi connectivity index (χ1) is 12.1. The number of hydrogen-bond donors (Lipinski definition) is 2. The van der Waals surface area contributed by atoms with Crippen LogP contribution in [0.25, 0.3) is 0 Å². The zero-order valence-corrected chi connectivity index (χ0v) is 14.9. The number of carbonyl (C=O) groups excluding carboxylic acids is 1. The van der Waals surface area contributed by atoms with Crippen molar-refractivity contribution in [3.05, 3.63) is 0 Å². The topological polar surface area (TPSA) is 82.8 Å². The monoisotopic (exact) mass is 350 g/mol. The van der Waals surface area contributed by atoms with Gasteiger partial charge in [0, 0.05) is 24.7 Å². The Kier molecular flexibility index (Phi) is 3.90. The first kappa shape index (κ1) is 16.5. The first-order valence-electron chi connectivity index (χ1n) is 10.1. The molecular weight excluding hydrogens is 320 g/mol. The van der Waals surface area contributed by atoms with E-state index in [1.165, 1.54) is 32.1 Å². The predicted molar refractivity (Wildman–Crippen MR) is 89.8 cm³/mol. The van der Waals surface area contributed by atoms with E-state index in [4.69, 9.17) is 20.2 Å². The molecule has 0 aromatic carbocycles. The van der Waals surface area contributed by atoms with Crippen molar-refractivity contribution in [1.82, 2.24) is 5.32 Å². The molecule has 1 amide bonds. The Morgan fingerprint density at radius 1 is 1.00 bits per heavy atom. The Hall–Kier alpha value is -0.690. The normalized spacial score (nSPS) is 50.8. The average Bonchev–Trinajstić information content (AvgIpc) is 2.94. The average molecular weight is 350 g/mol. The molecule has 6 rings (SSSR count). The molecule has 6 aliphatic rings. The highest BCUT2D eigenvalue weighted by Crippen LogP contribution is 2.63. The molecule has 0 radical (unpaired) electrons. The minimum absolute atomic E-state index is 0.257. The van der Waals surface area contributed by atoms with Crippen LogP contribution in [0.5, 0.6) is 0 Å². The maximum absolute atomic E-state index is 10.8. The number of amides is 1. The summed E-state index contributed by atoms with van der Waals surface area (Å²) >= 11 is 0. The van der Waals surface area contributed by atoms with Gasteiger partial charge in [0.05, 0.1) is 6.54 Å². The molecule has 6 fully saturated rings. The summed E-state index contributed by atoms with van der Waals surface area (Å²) < 4.78 is 6.71. The summed E-state index contributed by atoms with van der Waals surface area (Å²) in [6.07, 6.45) is 10.3. The van der Waals surface area contributed by atoms with Crippen LogP contribution < -0.4 is 11.1 Å². The summed E-state index contributed by atoms with van der Waals surface area (Å²) in [5.74, 6) is 2.10. The van der Waals surface area contributed by atoms with E-state index >= 15 is 0 Å². The van der Waals surface area contributed by atoms with Crippen LogP contribution in [-0.2, 0) is 19.3 Å². The molecule has 6 heteroatoms. The van der Waals surface area contributed by atoms with Crippen LogP contribution in [-0.4, -0.2) is 30.6 Å². The maximum atomic E-state index is 10.8. The third-order valence-electron chi connectivity index (χ3n) is 7.54. The second kappa shape index (κ2) is 5.91. The van der Waals surface area contributed by atoms with Gasteiger partial charge in [-0.15, -0.1) is 0 Å². The smallest absolute Gasteiger partial charge is 0.231 e. The number of primary amides is 1. The summed E-state index contributed by atoms with van der Waals surface area (Å²) in [6.45, 7) is 1.09. The van der Waals surface area contributed by atoms with Gasteiger partial charge in [0.15, 0.2) is 0 Å². The molecule has 25 heavy (non-hydrogen) atoms. The lowest BCUT2D eigenvalue weighted by atomic mass is 9.53. The van der Waals surface area contributed by atoms with Crippen LogP contribution in [0.3, 0.4) is 0 Å². The lowest BCUT2D eigenvalue weighted by Gasteiger charge is -2.57. The molecule has 0 aromatic rings. The predicted octanol–water partition coefficient (Wildman–Crippen LogP) is 2.08. The van der Waals surface area contributed by atoms with E-state index in [9.17, 15) is 4.79 Å². The van der Waals surface area contributed by atoms with E-state index in [0.29, 0.717) is 17.8 Å². The molecule has 5 saturated carbocycles. The van der Waals surface area contributed by atoms with E-state index in [1.54, 1.807) is 0 Å². The van der Waals surface area contributed by atoms with Gasteiger partial charge in [-0.2, -0.15) is 9.78 Å². The third kappa shape index (κ3) is 2.73. The van der Waals surface area contributed by atoms with Gasteiger partial charge in [0.1, 0.15) is 0 Å². The van der Waals surface area contributed by atoms with Gasteiger partial charge in [0.25, 0.3) is 0 Å². The summed E-state index contributed by atoms with van der Waals surface area (Å²) in [4.78, 5) is 22.8. The van der Waals surface area contributed by atoms with Gasteiger partial charge in [-0.3, -0.25) is 4.79 Å². The molecule has 1 heterocycles. The van der Waals surface area contributed by atoms with E-state index in [0.717, 1.165) is 44.1 Å². The third-order valence-corrected chi connectivity index (χ3v) is 7.54. The quantitative estimate of drug-likeness (QED) is 0.759. The molecule has 5 aliphatic carbocycles. The number of carbonyl (C=O) groups is 1. The van der Waals surface area contributed by atoms with E-state index in [1.807, 2.05) is 0 Å². The van der Waals surface area contributed by atoms with Crippen LogP contribution in [0.4, 0.5) is 0 Å². The molecular formula is C19H30N2O4. The van der Waals surface area contributed by atoms with Crippen molar-refractivity contribution in [1.29, 1.82) is 0 Å². The van der Waals surface area contributed by atoms with Crippen LogP contribution in [0.2, 0.25) is 0 Å². The molecule has 0 aromatic heterocycles. The van der Waals surface area contributed by atoms with Gasteiger partial charge in [-0.1, -0.05) is 0 Å². The van der Waals surface area contributed by atoms with Crippen LogP contribution in [0.15, 0.2) is 0 Å². The van der Waals surface area contributed by atoms with Crippen LogP contribution in [0, 0.1) is 29.6 Å². The van der Waals surface area contributed by atoms with Crippen molar-refractivity contribution in [3.8, 4) is 0 Å². The van der Waals surface area contributed by atoms with E-state index in [2.05, 4.69) is 5.32 Å². The number of hydrogen-bond acceptors (Lipinski definition) is 5. The second-order valence-electron chi connectivity index (χ2n) is 9.25. The highest BCUT2D eigenvalue weighted by Gasteiger charge is 2.66. The standard InChI is InChI=1S/C19H30N2O4/c20-17(22)11-21-10-12-1-3-18(4-2-12)23-19(25-24-18)15-6-13-5-14(8-15)9-16(19)7-13/h12-16,21H,1-11H2,(H2,20,22). The van der Waals surface area contributed by atoms with Crippen molar-refractivity contribution < 1.29 is 19.3 Å². The molecule has 3 N–H and O–H groups in total. The number of nitrogens with one attached hydrogen (secondary N) is 1. The Balaban J connectivity index is 1.21. The minimum atomic E-state index is -0.532. The van der Waals surface area contributed by atoms with Gasteiger partial charge < -0.3 is 15.8 Å². The van der Waals surface area contributed by atoms with Crippen molar-refractivity contribution in [2.75, 3.05) is 13.1 Å². The fourth-order valence-corrected chi connectivity index (χ4v) is 6.52. The largest absolute Gasteiger partial charge is 0.369 e. The second-order valence-corrected chi connectivity index (χ2v) is 9.25. The zero-order valence-electron chi connectivity index (χ0n) is 14.9. The Morgan fingerprint density at radius 2 is 1.64 bits per heavy atom. The lowest BCUT2D eigenvalue weighted by molar-refractivity contribution is -0.390. The van der Waals surface area contributed by atoms with Gasteiger partial charge in [-0.05, 0) is 69.2 Å². The summed E-state index contributed by atoms with van der Waals surface area (Å²) in [5.41, 5.74) is 5.18. The SMILES string of the molecule is NC(=O)CNCC1CCC2(CC1)OOC1(O2)C2CC3CC(C2)CC1C3. The summed E-state index contributed by atoms with van der Waals surface area (Å²) in [5, 5.41) is 3.15. The molecule has 0 atom stereocenters. The fraction of sp³-hybridized carbons (Fsp3) is 0.947. The van der Waals surface area contributed by atoms with E-state index < -0.39 is 11.6 Å². The molecule has 1 saturated heterocycles. The maximum Gasteiger partial charge on any atom is 0.231 e. The molecule has 4 bridgehead atoms. The highest BCUT2D eigenvalue weighted by atomic mass is 17.3. The van der Waals surface area contributed by atoms with Crippen LogP contribution >= 0.6 is 0 Å². The molecule has 2 spiro atoms. The van der Waals surface area contributed by atoms with Gasteiger partial charge in [-0.25, -0.2) is 0 Å². The Bertz CT molecular complexity index is 516. The number of nitrogens with two attached hydrogens (primary N) is 1. The highest BCUT2D eigenvalue weighted by molar-refractivity contribution is 5.75. The van der Waals surface area contributed by atoms with Crippen LogP contribution in [0.1, 0.15) is 57.8 Å².